The van der Waals surface area contributed by atoms with Gasteiger partial charge in [-0.3, -0.25) is 14.4 Å². The van der Waals surface area contributed by atoms with Crippen molar-refractivity contribution in [3.8, 4) is 0 Å². The highest BCUT2D eigenvalue weighted by Gasteiger charge is 2.14. The van der Waals surface area contributed by atoms with E-state index in [1.807, 2.05) is 13.8 Å². The molecule has 0 aliphatic carbocycles. The van der Waals surface area contributed by atoms with Gasteiger partial charge in [0.05, 0.1) is 11.9 Å². The van der Waals surface area contributed by atoms with Gasteiger partial charge in [0.25, 0.3) is 5.91 Å². The van der Waals surface area contributed by atoms with E-state index < -0.39 is 5.91 Å². The van der Waals surface area contributed by atoms with Crippen molar-refractivity contribution in [2.24, 2.45) is 0 Å². The van der Waals surface area contributed by atoms with Crippen molar-refractivity contribution >= 4 is 34.4 Å². The van der Waals surface area contributed by atoms with E-state index in [4.69, 9.17) is 16.0 Å². The predicted octanol–water partition coefficient (Wildman–Crippen LogP) is 1.70. The zero-order chi connectivity index (χ0) is 16.3. The number of carbonyl (C=O) groups excluding carboxylic acids is 2. The molecule has 0 radical (unpaired) electrons. The third-order valence-electron chi connectivity index (χ3n) is 2.77. The summed E-state index contributed by atoms with van der Waals surface area (Å²) in [6.07, 6.45) is 0. The van der Waals surface area contributed by atoms with E-state index >= 15 is 0 Å². The normalized spacial score (nSPS) is 10.7. The van der Waals surface area contributed by atoms with Crippen LogP contribution in [-0.2, 0) is 4.79 Å². The first-order valence-corrected chi connectivity index (χ1v) is 7.05. The Morgan fingerprint density at radius 3 is 2.68 bits per heavy atom. The number of rotatable bonds is 4. The van der Waals surface area contributed by atoms with Gasteiger partial charge < -0.3 is 15.1 Å². The first-order chi connectivity index (χ1) is 10.4. The van der Waals surface area contributed by atoms with Gasteiger partial charge in [-0.15, -0.1) is 0 Å². The average Bonchev–Trinajstić information content (AvgIpc) is 2.44. The molecule has 0 fully saturated rings. The fraction of sp³-hybridized carbons (Fsp3) is 0.267. The van der Waals surface area contributed by atoms with Crippen molar-refractivity contribution in [1.29, 1.82) is 0 Å². The molecular formula is C15H15ClN2O4. The molecule has 0 atom stereocenters. The highest BCUT2D eigenvalue weighted by Crippen LogP contribution is 2.17. The molecule has 2 amide bonds. The lowest BCUT2D eigenvalue weighted by Crippen LogP contribution is -2.39. The minimum absolute atomic E-state index is 0.0206. The molecule has 6 nitrogen and oxygen atoms in total. The SMILES string of the molecule is CC(C)NC(=O)CNC(=O)c1cc(=O)c2cc(Cl)ccc2o1. The summed E-state index contributed by atoms with van der Waals surface area (Å²) < 4.78 is 5.37. The molecule has 2 aromatic rings. The molecule has 0 aliphatic rings. The number of halogens is 1. The summed E-state index contributed by atoms with van der Waals surface area (Å²) in [4.78, 5) is 35.4. The van der Waals surface area contributed by atoms with Crippen molar-refractivity contribution in [2.45, 2.75) is 19.9 Å². The second kappa shape index (κ2) is 6.62. The molecule has 7 heteroatoms. The molecule has 0 unspecified atom stereocenters. The van der Waals surface area contributed by atoms with Gasteiger partial charge in [0.1, 0.15) is 5.58 Å². The quantitative estimate of drug-likeness (QED) is 0.896. The highest BCUT2D eigenvalue weighted by molar-refractivity contribution is 6.31. The van der Waals surface area contributed by atoms with E-state index in [0.29, 0.717) is 10.4 Å². The Bertz CT molecular complexity index is 783. The number of carbonyl (C=O) groups is 2. The van der Waals surface area contributed by atoms with Gasteiger partial charge in [-0.1, -0.05) is 11.6 Å². The Hall–Kier alpha value is -2.34. The number of hydrogen-bond acceptors (Lipinski definition) is 4. The van der Waals surface area contributed by atoms with Crippen molar-refractivity contribution < 1.29 is 14.0 Å². The van der Waals surface area contributed by atoms with Crippen LogP contribution in [0, 0.1) is 0 Å². The Morgan fingerprint density at radius 1 is 1.27 bits per heavy atom. The van der Waals surface area contributed by atoms with E-state index in [1.165, 1.54) is 12.1 Å². The molecule has 2 N–H and O–H groups in total. The monoisotopic (exact) mass is 322 g/mol. The van der Waals surface area contributed by atoms with Crippen LogP contribution in [0.1, 0.15) is 24.4 Å². The van der Waals surface area contributed by atoms with Crippen molar-refractivity contribution in [2.75, 3.05) is 6.54 Å². The van der Waals surface area contributed by atoms with E-state index in [-0.39, 0.29) is 35.3 Å². The first-order valence-electron chi connectivity index (χ1n) is 6.68. The summed E-state index contributed by atoms with van der Waals surface area (Å²) in [5.41, 5.74) is -0.116. The number of hydrogen-bond donors (Lipinski definition) is 2. The third kappa shape index (κ3) is 3.85. The summed E-state index contributed by atoms with van der Waals surface area (Å²) in [5.74, 6) is -1.11. The van der Waals surface area contributed by atoms with E-state index in [2.05, 4.69) is 10.6 Å². The first kappa shape index (κ1) is 16.0. The van der Waals surface area contributed by atoms with Gasteiger partial charge in [-0.05, 0) is 32.0 Å². The van der Waals surface area contributed by atoms with Gasteiger partial charge in [0, 0.05) is 17.1 Å². The Kier molecular flexibility index (Phi) is 4.82. The number of amides is 2. The van der Waals surface area contributed by atoms with Crippen LogP contribution < -0.4 is 16.1 Å². The summed E-state index contributed by atoms with van der Waals surface area (Å²) >= 11 is 5.81. The average molecular weight is 323 g/mol. The van der Waals surface area contributed by atoms with Gasteiger partial charge in [-0.25, -0.2) is 0 Å². The fourth-order valence-electron chi connectivity index (χ4n) is 1.86. The molecule has 2 rings (SSSR count). The van der Waals surface area contributed by atoms with Crippen LogP contribution in [0.4, 0.5) is 0 Å². The van der Waals surface area contributed by atoms with Gasteiger partial charge in [0.2, 0.25) is 5.91 Å². The Balaban J connectivity index is 2.17. The van der Waals surface area contributed by atoms with Gasteiger partial charge in [0.15, 0.2) is 11.2 Å². The van der Waals surface area contributed by atoms with Crippen molar-refractivity contribution in [1.82, 2.24) is 10.6 Å². The maximum atomic E-state index is 12.0. The Labute approximate surface area is 131 Å². The van der Waals surface area contributed by atoms with Crippen molar-refractivity contribution in [3.63, 3.8) is 0 Å². The van der Waals surface area contributed by atoms with Crippen LogP contribution in [0.25, 0.3) is 11.0 Å². The molecule has 1 aromatic heterocycles. The number of benzene rings is 1. The van der Waals surface area contributed by atoms with E-state index in [0.717, 1.165) is 6.07 Å². The number of fused-ring (bicyclic) bond motifs is 1. The van der Waals surface area contributed by atoms with Gasteiger partial charge in [-0.2, -0.15) is 0 Å². The standard InChI is InChI=1S/C15H15ClN2O4/c1-8(2)18-14(20)7-17-15(21)13-6-11(19)10-5-9(16)3-4-12(10)22-13/h3-6,8H,7H2,1-2H3,(H,17,21)(H,18,20). The number of nitrogens with one attached hydrogen (secondary N) is 2. The lowest BCUT2D eigenvalue weighted by Gasteiger charge is -2.09. The summed E-state index contributed by atoms with van der Waals surface area (Å²) in [5, 5.41) is 5.73. The fourth-order valence-corrected chi connectivity index (χ4v) is 2.03. The zero-order valence-electron chi connectivity index (χ0n) is 12.1. The van der Waals surface area contributed by atoms with Crippen LogP contribution in [-0.4, -0.2) is 24.4 Å². The summed E-state index contributed by atoms with van der Waals surface area (Å²) in [6, 6.07) is 5.61. The topological polar surface area (TPSA) is 88.4 Å². The van der Waals surface area contributed by atoms with Crippen LogP contribution in [0.2, 0.25) is 5.02 Å². The molecule has 0 aliphatic heterocycles. The van der Waals surface area contributed by atoms with Crippen LogP contribution >= 0.6 is 11.6 Å². The second-order valence-electron chi connectivity index (χ2n) is 5.02. The van der Waals surface area contributed by atoms with Crippen LogP contribution in [0.5, 0.6) is 0 Å². The molecule has 0 saturated heterocycles. The van der Waals surface area contributed by atoms with Crippen LogP contribution in [0.3, 0.4) is 0 Å². The molecule has 116 valence electrons. The Morgan fingerprint density at radius 2 is 2.00 bits per heavy atom. The lowest BCUT2D eigenvalue weighted by molar-refractivity contribution is -0.120. The molecular weight excluding hydrogens is 308 g/mol. The maximum absolute atomic E-state index is 12.0. The smallest absolute Gasteiger partial charge is 0.287 e. The van der Waals surface area contributed by atoms with E-state index in [1.54, 1.807) is 6.07 Å². The largest absolute Gasteiger partial charge is 0.451 e. The molecule has 22 heavy (non-hydrogen) atoms. The molecule has 0 spiro atoms. The van der Waals surface area contributed by atoms with Gasteiger partial charge >= 0.3 is 0 Å². The van der Waals surface area contributed by atoms with E-state index in [9.17, 15) is 14.4 Å². The van der Waals surface area contributed by atoms with Crippen molar-refractivity contribution in [3.05, 3.63) is 45.3 Å². The lowest BCUT2D eigenvalue weighted by atomic mass is 10.2. The minimum Gasteiger partial charge on any atom is -0.451 e. The maximum Gasteiger partial charge on any atom is 0.287 e. The second-order valence-corrected chi connectivity index (χ2v) is 5.46. The molecule has 0 saturated carbocycles. The molecule has 1 heterocycles. The summed E-state index contributed by atoms with van der Waals surface area (Å²) in [7, 11) is 0. The molecule has 0 bridgehead atoms. The third-order valence-corrected chi connectivity index (χ3v) is 3.01. The predicted molar refractivity (Wildman–Crippen MR) is 83.1 cm³/mol. The molecule has 1 aromatic carbocycles. The highest BCUT2D eigenvalue weighted by atomic mass is 35.5. The summed E-state index contributed by atoms with van der Waals surface area (Å²) in [6.45, 7) is 3.43. The zero-order valence-corrected chi connectivity index (χ0v) is 12.9. The minimum atomic E-state index is -0.632. The van der Waals surface area contributed by atoms with Crippen LogP contribution in [0.15, 0.2) is 33.5 Å².